The zero-order valence-electron chi connectivity index (χ0n) is 9.50. The SMILES string of the molecule is CC(CCCO)Nc1nc(NN)c(Cl)cc1Cl. The monoisotopic (exact) mass is 278 g/mol. The second-order valence-electron chi connectivity index (χ2n) is 3.70. The number of hydrazine groups is 1. The van der Waals surface area contributed by atoms with E-state index in [2.05, 4.69) is 15.7 Å². The van der Waals surface area contributed by atoms with Crippen molar-refractivity contribution >= 4 is 34.8 Å². The van der Waals surface area contributed by atoms with Crippen LogP contribution >= 0.6 is 23.2 Å². The number of nitrogens with one attached hydrogen (secondary N) is 2. The van der Waals surface area contributed by atoms with Crippen molar-refractivity contribution in [3.63, 3.8) is 0 Å². The van der Waals surface area contributed by atoms with Crippen LogP contribution < -0.4 is 16.6 Å². The average Bonchev–Trinajstić information content (AvgIpc) is 2.30. The minimum absolute atomic E-state index is 0.152. The molecule has 5 nitrogen and oxygen atoms in total. The molecule has 0 aliphatic carbocycles. The van der Waals surface area contributed by atoms with E-state index < -0.39 is 0 Å². The summed E-state index contributed by atoms with van der Waals surface area (Å²) in [6.07, 6.45) is 1.55. The Balaban J connectivity index is 2.76. The second kappa shape index (κ2) is 6.86. The largest absolute Gasteiger partial charge is 0.396 e. The number of hydrogen-bond donors (Lipinski definition) is 4. The summed E-state index contributed by atoms with van der Waals surface area (Å²) in [5.41, 5.74) is 2.40. The van der Waals surface area contributed by atoms with Gasteiger partial charge in [-0.1, -0.05) is 23.2 Å². The Morgan fingerprint density at radius 2 is 2.06 bits per heavy atom. The zero-order chi connectivity index (χ0) is 12.8. The maximum Gasteiger partial charge on any atom is 0.161 e. The predicted molar refractivity (Wildman–Crippen MR) is 71.5 cm³/mol. The molecule has 0 amide bonds. The van der Waals surface area contributed by atoms with Crippen LogP contribution in [0.3, 0.4) is 0 Å². The van der Waals surface area contributed by atoms with Crippen molar-refractivity contribution in [3.05, 3.63) is 16.1 Å². The molecule has 0 bridgehead atoms. The first-order valence-electron chi connectivity index (χ1n) is 5.28. The highest BCUT2D eigenvalue weighted by Crippen LogP contribution is 2.29. The highest BCUT2D eigenvalue weighted by Gasteiger charge is 2.10. The van der Waals surface area contributed by atoms with E-state index >= 15 is 0 Å². The molecule has 1 rings (SSSR count). The van der Waals surface area contributed by atoms with Crippen LogP contribution in [-0.2, 0) is 0 Å². The Morgan fingerprint density at radius 3 is 2.65 bits per heavy atom. The molecular weight excluding hydrogens is 263 g/mol. The van der Waals surface area contributed by atoms with Crippen LogP contribution in [0.15, 0.2) is 6.07 Å². The average molecular weight is 279 g/mol. The van der Waals surface area contributed by atoms with Gasteiger partial charge in [-0.05, 0) is 25.8 Å². The molecule has 0 radical (unpaired) electrons. The van der Waals surface area contributed by atoms with Gasteiger partial charge in [0, 0.05) is 12.6 Å². The van der Waals surface area contributed by atoms with Gasteiger partial charge in [-0.2, -0.15) is 0 Å². The Labute approximate surface area is 110 Å². The van der Waals surface area contributed by atoms with Gasteiger partial charge >= 0.3 is 0 Å². The fourth-order valence-electron chi connectivity index (χ4n) is 1.37. The van der Waals surface area contributed by atoms with Crippen LogP contribution in [0.4, 0.5) is 11.6 Å². The van der Waals surface area contributed by atoms with Crippen LogP contribution in [-0.4, -0.2) is 22.7 Å². The number of nitrogen functional groups attached to an aromatic ring is 1. The van der Waals surface area contributed by atoms with Crippen molar-refractivity contribution in [2.75, 3.05) is 17.3 Å². The standard InChI is InChI=1S/C10H16Cl2N4O/c1-6(3-2-4-17)14-9-7(11)5-8(12)10(15-9)16-13/h5-6,17H,2-4,13H2,1H3,(H2,14,15,16). The lowest BCUT2D eigenvalue weighted by atomic mass is 10.2. The summed E-state index contributed by atoms with van der Waals surface area (Å²) in [5.74, 6) is 6.17. The van der Waals surface area contributed by atoms with Gasteiger partial charge in [0.25, 0.3) is 0 Å². The van der Waals surface area contributed by atoms with Gasteiger partial charge in [-0.15, -0.1) is 0 Å². The maximum absolute atomic E-state index is 8.74. The predicted octanol–water partition coefficient (Wildman–Crippen LogP) is 2.25. The third-order valence-electron chi connectivity index (χ3n) is 2.24. The molecule has 0 saturated heterocycles. The van der Waals surface area contributed by atoms with E-state index in [1.165, 1.54) is 0 Å². The van der Waals surface area contributed by atoms with Gasteiger partial charge in [0.2, 0.25) is 0 Å². The fourth-order valence-corrected chi connectivity index (χ4v) is 1.84. The molecule has 0 saturated carbocycles. The van der Waals surface area contributed by atoms with E-state index in [0.717, 1.165) is 12.8 Å². The number of hydrogen-bond acceptors (Lipinski definition) is 5. The molecule has 1 atom stereocenters. The zero-order valence-corrected chi connectivity index (χ0v) is 11.0. The first-order chi connectivity index (χ1) is 8.08. The quantitative estimate of drug-likeness (QED) is 0.474. The third-order valence-corrected chi connectivity index (χ3v) is 2.82. The van der Waals surface area contributed by atoms with Crippen molar-refractivity contribution in [2.24, 2.45) is 5.84 Å². The van der Waals surface area contributed by atoms with E-state index in [4.69, 9.17) is 34.2 Å². The fraction of sp³-hybridized carbons (Fsp3) is 0.500. The molecular formula is C10H16Cl2N4O. The number of nitrogens with two attached hydrogens (primary N) is 1. The molecule has 7 heteroatoms. The van der Waals surface area contributed by atoms with E-state index in [-0.39, 0.29) is 12.6 Å². The second-order valence-corrected chi connectivity index (χ2v) is 4.52. The minimum Gasteiger partial charge on any atom is -0.396 e. The Morgan fingerprint density at radius 1 is 1.41 bits per heavy atom. The van der Waals surface area contributed by atoms with Crippen LogP contribution in [0.25, 0.3) is 0 Å². The maximum atomic E-state index is 8.74. The molecule has 0 aliphatic heterocycles. The van der Waals surface area contributed by atoms with Gasteiger partial charge < -0.3 is 15.8 Å². The molecule has 0 aromatic carbocycles. The first kappa shape index (κ1) is 14.3. The number of rotatable bonds is 6. The van der Waals surface area contributed by atoms with E-state index in [0.29, 0.717) is 21.7 Å². The van der Waals surface area contributed by atoms with Crippen molar-refractivity contribution in [1.29, 1.82) is 0 Å². The topological polar surface area (TPSA) is 83.2 Å². The summed E-state index contributed by atoms with van der Waals surface area (Å²) in [7, 11) is 0. The van der Waals surface area contributed by atoms with Crippen LogP contribution in [0.2, 0.25) is 10.0 Å². The third kappa shape index (κ3) is 4.20. The number of aromatic nitrogens is 1. The minimum atomic E-state index is 0.152. The molecule has 1 heterocycles. The smallest absolute Gasteiger partial charge is 0.161 e. The van der Waals surface area contributed by atoms with Gasteiger partial charge in [0.05, 0.1) is 10.0 Å². The van der Waals surface area contributed by atoms with Crippen LogP contribution in [0.5, 0.6) is 0 Å². The number of aliphatic hydroxyl groups is 1. The molecule has 0 aliphatic rings. The van der Waals surface area contributed by atoms with Crippen molar-refractivity contribution < 1.29 is 5.11 Å². The molecule has 1 aromatic heterocycles. The first-order valence-corrected chi connectivity index (χ1v) is 6.04. The summed E-state index contributed by atoms with van der Waals surface area (Å²) in [5, 5.41) is 12.7. The van der Waals surface area contributed by atoms with E-state index in [1.807, 2.05) is 6.92 Å². The Hall–Kier alpha value is -0.750. The normalized spacial score (nSPS) is 12.3. The molecule has 5 N–H and O–H groups in total. The summed E-state index contributed by atoms with van der Waals surface area (Å²) < 4.78 is 0. The summed E-state index contributed by atoms with van der Waals surface area (Å²) >= 11 is 11.9. The van der Waals surface area contributed by atoms with Crippen LogP contribution in [0, 0.1) is 0 Å². The highest BCUT2D eigenvalue weighted by molar-refractivity contribution is 6.37. The molecule has 0 spiro atoms. The van der Waals surface area contributed by atoms with Crippen LogP contribution in [0.1, 0.15) is 19.8 Å². The van der Waals surface area contributed by atoms with Crippen molar-refractivity contribution in [3.8, 4) is 0 Å². The number of anilines is 2. The number of halogens is 2. The molecule has 96 valence electrons. The summed E-state index contributed by atoms with van der Waals surface area (Å²) in [6, 6.07) is 1.73. The molecule has 17 heavy (non-hydrogen) atoms. The molecule has 0 fully saturated rings. The van der Waals surface area contributed by atoms with Crippen molar-refractivity contribution in [2.45, 2.75) is 25.8 Å². The molecule has 1 unspecified atom stereocenters. The van der Waals surface area contributed by atoms with E-state index in [9.17, 15) is 0 Å². The Bertz CT molecular complexity index is 376. The number of aliphatic hydroxyl groups excluding tert-OH is 1. The van der Waals surface area contributed by atoms with Gasteiger partial charge in [-0.25, -0.2) is 10.8 Å². The van der Waals surface area contributed by atoms with Gasteiger partial charge in [0.15, 0.2) is 5.82 Å². The number of nitrogens with zero attached hydrogens (tertiary/aromatic N) is 1. The highest BCUT2D eigenvalue weighted by atomic mass is 35.5. The summed E-state index contributed by atoms with van der Waals surface area (Å²) in [4.78, 5) is 4.16. The molecule has 1 aromatic rings. The van der Waals surface area contributed by atoms with Gasteiger partial charge in [0.1, 0.15) is 5.82 Å². The lowest BCUT2D eigenvalue weighted by Gasteiger charge is -2.16. The number of pyridine rings is 1. The summed E-state index contributed by atoms with van der Waals surface area (Å²) in [6.45, 7) is 2.15. The lowest BCUT2D eigenvalue weighted by molar-refractivity contribution is 0.282. The van der Waals surface area contributed by atoms with Crippen molar-refractivity contribution in [1.82, 2.24) is 4.98 Å². The Kier molecular flexibility index (Phi) is 5.77. The van der Waals surface area contributed by atoms with Gasteiger partial charge in [-0.3, -0.25) is 0 Å². The lowest BCUT2D eigenvalue weighted by Crippen LogP contribution is -2.18. The van der Waals surface area contributed by atoms with E-state index in [1.54, 1.807) is 6.07 Å².